The lowest BCUT2D eigenvalue weighted by Gasteiger charge is -2.31. The summed E-state index contributed by atoms with van der Waals surface area (Å²) in [4.78, 5) is 9.94. The molecule has 5 nitrogen and oxygen atoms in total. The maximum atomic E-state index is 5.97. The van der Waals surface area contributed by atoms with Crippen molar-refractivity contribution in [3.8, 4) is 5.75 Å². The molecule has 1 aromatic carbocycles. The minimum atomic E-state index is 0.652. The van der Waals surface area contributed by atoms with E-state index in [1.807, 2.05) is 6.20 Å². The van der Waals surface area contributed by atoms with Gasteiger partial charge in [0.1, 0.15) is 5.75 Å². The first-order valence-electron chi connectivity index (χ1n) is 11.5. The fraction of sp³-hybridized carbons (Fsp3) is 0.625. The molecule has 158 valence electrons. The van der Waals surface area contributed by atoms with Crippen LogP contribution in [0.5, 0.6) is 5.75 Å². The lowest BCUT2D eigenvalue weighted by Crippen LogP contribution is -2.35. The highest BCUT2D eigenvalue weighted by Crippen LogP contribution is 2.23. The van der Waals surface area contributed by atoms with E-state index in [2.05, 4.69) is 44.5 Å². The van der Waals surface area contributed by atoms with E-state index in [1.54, 1.807) is 6.33 Å². The zero-order chi connectivity index (χ0) is 19.7. The van der Waals surface area contributed by atoms with Gasteiger partial charge in [-0.05, 0) is 81.8 Å². The molecule has 1 aliphatic heterocycles. The second-order valence-corrected chi connectivity index (χ2v) is 8.77. The standard InChI is InChI=1S/C24H36N4O/c1-2-5-21(6-3-1)27-22-7-9-24(10-8-22)29-16-4-13-28-14-11-20(12-15-28)17-23-18-25-19-26-23/h7-10,18-21,27H,1-6,11-17H2,(H,25,26). The lowest BCUT2D eigenvalue weighted by atomic mass is 9.92. The highest BCUT2D eigenvalue weighted by molar-refractivity contribution is 5.47. The van der Waals surface area contributed by atoms with Crippen molar-refractivity contribution in [1.29, 1.82) is 0 Å². The fourth-order valence-corrected chi connectivity index (χ4v) is 4.73. The number of hydrogen-bond acceptors (Lipinski definition) is 4. The van der Waals surface area contributed by atoms with Crippen molar-refractivity contribution in [1.82, 2.24) is 14.9 Å². The molecule has 2 N–H and O–H groups in total. The number of ether oxygens (including phenoxy) is 1. The van der Waals surface area contributed by atoms with Gasteiger partial charge >= 0.3 is 0 Å². The third-order valence-corrected chi connectivity index (χ3v) is 6.49. The zero-order valence-corrected chi connectivity index (χ0v) is 17.6. The van der Waals surface area contributed by atoms with Gasteiger partial charge in [0.2, 0.25) is 0 Å². The van der Waals surface area contributed by atoms with Crippen LogP contribution in [0.15, 0.2) is 36.8 Å². The zero-order valence-electron chi connectivity index (χ0n) is 17.6. The summed E-state index contributed by atoms with van der Waals surface area (Å²) in [6.45, 7) is 4.35. The molecule has 5 heteroatoms. The molecule has 2 heterocycles. The first-order chi connectivity index (χ1) is 14.3. The summed E-state index contributed by atoms with van der Waals surface area (Å²) < 4.78 is 5.97. The van der Waals surface area contributed by atoms with Gasteiger partial charge in [-0.25, -0.2) is 4.98 Å². The van der Waals surface area contributed by atoms with E-state index in [0.29, 0.717) is 6.04 Å². The summed E-state index contributed by atoms with van der Waals surface area (Å²) in [6, 6.07) is 9.18. The third kappa shape index (κ3) is 6.49. The Hall–Kier alpha value is -2.01. The Labute approximate surface area is 175 Å². The van der Waals surface area contributed by atoms with Gasteiger partial charge in [-0.15, -0.1) is 0 Å². The molecule has 2 fully saturated rings. The van der Waals surface area contributed by atoms with E-state index in [4.69, 9.17) is 4.74 Å². The van der Waals surface area contributed by atoms with Crippen molar-refractivity contribution in [3.63, 3.8) is 0 Å². The van der Waals surface area contributed by atoms with Crippen LogP contribution in [0.2, 0.25) is 0 Å². The van der Waals surface area contributed by atoms with Crippen LogP contribution in [0.25, 0.3) is 0 Å². The molecule has 29 heavy (non-hydrogen) atoms. The monoisotopic (exact) mass is 396 g/mol. The Morgan fingerprint density at radius 1 is 1.03 bits per heavy atom. The molecule has 4 rings (SSSR count). The lowest BCUT2D eigenvalue weighted by molar-refractivity contribution is 0.170. The molecule has 1 aromatic heterocycles. The van der Waals surface area contributed by atoms with Crippen LogP contribution in [0.4, 0.5) is 5.69 Å². The number of aromatic amines is 1. The van der Waals surface area contributed by atoms with Crippen LogP contribution in [0, 0.1) is 5.92 Å². The average Bonchev–Trinajstić information content (AvgIpc) is 3.27. The molecule has 2 aliphatic rings. The van der Waals surface area contributed by atoms with Crippen molar-refractivity contribution < 1.29 is 4.74 Å². The van der Waals surface area contributed by atoms with Crippen LogP contribution in [-0.4, -0.2) is 47.2 Å². The Morgan fingerprint density at radius 3 is 2.55 bits per heavy atom. The van der Waals surface area contributed by atoms with Crippen molar-refractivity contribution in [3.05, 3.63) is 42.5 Å². The number of likely N-dealkylation sites (tertiary alicyclic amines) is 1. The number of anilines is 1. The smallest absolute Gasteiger partial charge is 0.119 e. The maximum Gasteiger partial charge on any atom is 0.119 e. The number of nitrogens with zero attached hydrogens (tertiary/aromatic N) is 2. The molecular weight excluding hydrogens is 360 g/mol. The predicted molar refractivity (Wildman–Crippen MR) is 119 cm³/mol. The van der Waals surface area contributed by atoms with Gasteiger partial charge in [-0.2, -0.15) is 0 Å². The van der Waals surface area contributed by atoms with Crippen molar-refractivity contribution in [2.24, 2.45) is 5.92 Å². The Morgan fingerprint density at radius 2 is 1.83 bits per heavy atom. The summed E-state index contributed by atoms with van der Waals surface area (Å²) in [5, 5.41) is 3.67. The van der Waals surface area contributed by atoms with Gasteiger partial charge in [0.15, 0.2) is 0 Å². The number of hydrogen-bond donors (Lipinski definition) is 2. The maximum absolute atomic E-state index is 5.97. The fourth-order valence-electron chi connectivity index (χ4n) is 4.73. The Kier molecular flexibility index (Phi) is 7.46. The summed E-state index contributed by atoms with van der Waals surface area (Å²) in [7, 11) is 0. The largest absolute Gasteiger partial charge is 0.494 e. The number of nitrogens with one attached hydrogen (secondary N) is 2. The van der Waals surface area contributed by atoms with Gasteiger partial charge in [-0.1, -0.05) is 19.3 Å². The van der Waals surface area contributed by atoms with Gasteiger partial charge < -0.3 is 19.9 Å². The molecular formula is C24H36N4O. The van der Waals surface area contributed by atoms with Crippen LogP contribution in [-0.2, 0) is 6.42 Å². The normalized spacial score (nSPS) is 19.3. The minimum absolute atomic E-state index is 0.652. The minimum Gasteiger partial charge on any atom is -0.494 e. The van der Waals surface area contributed by atoms with Crippen molar-refractivity contribution in [2.45, 2.75) is 63.8 Å². The molecule has 0 bridgehead atoms. The van der Waals surface area contributed by atoms with E-state index in [0.717, 1.165) is 37.7 Å². The van der Waals surface area contributed by atoms with Gasteiger partial charge in [0.25, 0.3) is 0 Å². The van der Waals surface area contributed by atoms with E-state index in [-0.39, 0.29) is 0 Å². The topological polar surface area (TPSA) is 53.2 Å². The first kappa shape index (κ1) is 20.3. The van der Waals surface area contributed by atoms with E-state index in [9.17, 15) is 0 Å². The molecule has 1 saturated carbocycles. The second-order valence-electron chi connectivity index (χ2n) is 8.77. The highest BCUT2D eigenvalue weighted by atomic mass is 16.5. The van der Waals surface area contributed by atoms with Gasteiger partial charge in [0.05, 0.1) is 12.9 Å². The molecule has 1 saturated heterocycles. The number of piperidine rings is 1. The van der Waals surface area contributed by atoms with Gasteiger partial charge in [0, 0.05) is 30.2 Å². The average molecular weight is 397 g/mol. The van der Waals surface area contributed by atoms with E-state index < -0.39 is 0 Å². The second kappa shape index (κ2) is 10.7. The summed E-state index contributed by atoms with van der Waals surface area (Å²) >= 11 is 0. The van der Waals surface area contributed by atoms with Crippen LogP contribution >= 0.6 is 0 Å². The molecule has 0 spiro atoms. The number of H-pyrrole nitrogens is 1. The van der Waals surface area contributed by atoms with Crippen molar-refractivity contribution in [2.75, 3.05) is 31.6 Å². The third-order valence-electron chi connectivity index (χ3n) is 6.49. The number of imidazole rings is 1. The summed E-state index contributed by atoms with van der Waals surface area (Å²) in [5.74, 6) is 1.78. The quantitative estimate of drug-likeness (QED) is 0.593. The van der Waals surface area contributed by atoms with Crippen LogP contribution in [0.1, 0.15) is 57.1 Å². The van der Waals surface area contributed by atoms with E-state index >= 15 is 0 Å². The summed E-state index contributed by atoms with van der Waals surface area (Å²) in [6.07, 6.45) is 15.3. The Balaban J connectivity index is 1.09. The molecule has 0 atom stereocenters. The predicted octanol–water partition coefficient (Wildman–Crippen LogP) is 4.88. The van der Waals surface area contributed by atoms with Gasteiger partial charge in [-0.3, -0.25) is 0 Å². The SMILES string of the molecule is c1ncc(CC2CCN(CCCOc3ccc(NC4CCCCC4)cc3)CC2)[nH]1. The molecule has 0 radical (unpaired) electrons. The van der Waals surface area contributed by atoms with E-state index in [1.165, 1.54) is 69.4 Å². The number of benzene rings is 1. The van der Waals surface area contributed by atoms with Crippen molar-refractivity contribution >= 4 is 5.69 Å². The molecule has 0 amide bonds. The number of rotatable bonds is 9. The molecule has 1 aliphatic carbocycles. The number of aromatic nitrogens is 2. The first-order valence-corrected chi connectivity index (χ1v) is 11.5. The summed E-state index contributed by atoms with van der Waals surface area (Å²) in [5.41, 5.74) is 2.50. The van der Waals surface area contributed by atoms with Crippen LogP contribution in [0.3, 0.4) is 0 Å². The Bertz CT molecular complexity index is 686. The molecule has 0 unspecified atom stereocenters. The van der Waals surface area contributed by atoms with Crippen LogP contribution < -0.4 is 10.1 Å². The highest BCUT2D eigenvalue weighted by Gasteiger charge is 2.19. The molecule has 2 aromatic rings.